The van der Waals surface area contributed by atoms with Gasteiger partial charge < -0.3 is 9.30 Å². The number of thiazole rings is 1. The van der Waals surface area contributed by atoms with Gasteiger partial charge in [0, 0.05) is 39.8 Å². The fourth-order valence-corrected chi connectivity index (χ4v) is 6.54. The van der Waals surface area contributed by atoms with Gasteiger partial charge >= 0.3 is 4.87 Å². The van der Waals surface area contributed by atoms with E-state index in [1.54, 1.807) is 34.1 Å². The third-order valence-corrected chi connectivity index (χ3v) is 8.36. The standard InChI is InChI=1S/C18H25N3O4S2/c1-19-16-5-4-15(11-17(16)26-18(19)22)27(23,24)21-6-2-3-14(13-21)12-20-7-9-25-10-8-20/h4-5,11,14H,2-3,6-10,12-13H2,1H3. The smallest absolute Gasteiger partial charge is 0.307 e. The first-order chi connectivity index (χ1) is 12.9. The van der Waals surface area contributed by atoms with Gasteiger partial charge in [0.15, 0.2) is 0 Å². The average Bonchev–Trinajstić information content (AvgIpc) is 2.96. The molecule has 0 N–H and O–H groups in total. The number of piperidine rings is 1. The molecule has 0 bridgehead atoms. The molecule has 2 fully saturated rings. The number of sulfonamides is 1. The number of ether oxygens (including phenoxy) is 1. The van der Waals surface area contributed by atoms with Crippen LogP contribution in [0, 0.1) is 5.92 Å². The van der Waals surface area contributed by atoms with Crippen LogP contribution in [0.1, 0.15) is 12.8 Å². The molecular formula is C18H25N3O4S2. The van der Waals surface area contributed by atoms with Gasteiger partial charge in [0.2, 0.25) is 10.0 Å². The van der Waals surface area contributed by atoms with Crippen LogP contribution in [0.5, 0.6) is 0 Å². The van der Waals surface area contributed by atoms with Crippen molar-refractivity contribution in [2.45, 2.75) is 17.7 Å². The quantitative estimate of drug-likeness (QED) is 0.759. The summed E-state index contributed by atoms with van der Waals surface area (Å²) in [5.41, 5.74) is 0.771. The van der Waals surface area contributed by atoms with Crippen molar-refractivity contribution in [3.8, 4) is 0 Å². The number of nitrogens with zero attached hydrogens (tertiary/aromatic N) is 3. The summed E-state index contributed by atoms with van der Waals surface area (Å²) in [6.07, 6.45) is 1.94. The Kier molecular flexibility index (Phi) is 5.39. The molecule has 0 amide bonds. The number of morpholine rings is 1. The minimum atomic E-state index is -3.55. The van der Waals surface area contributed by atoms with Crippen LogP contribution in [0.3, 0.4) is 0 Å². The van der Waals surface area contributed by atoms with Crippen molar-refractivity contribution in [1.82, 2.24) is 13.8 Å². The minimum Gasteiger partial charge on any atom is -0.379 e. The Morgan fingerprint density at radius 2 is 2.00 bits per heavy atom. The Morgan fingerprint density at radius 3 is 2.78 bits per heavy atom. The van der Waals surface area contributed by atoms with E-state index >= 15 is 0 Å². The van der Waals surface area contributed by atoms with E-state index in [0.717, 1.165) is 62.5 Å². The van der Waals surface area contributed by atoms with Gasteiger partial charge in [0.05, 0.1) is 28.3 Å². The highest BCUT2D eigenvalue weighted by molar-refractivity contribution is 7.89. The van der Waals surface area contributed by atoms with Crippen molar-refractivity contribution in [2.75, 3.05) is 45.9 Å². The lowest BCUT2D eigenvalue weighted by molar-refractivity contribution is 0.0265. The van der Waals surface area contributed by atoms with E-state index in [1.165, 1.54) is 0 Å². The summed E-state index contributed by atoms with van der Waals surface area (Å²) in [6.45, 7) is 5.41. The van der Waals surface area contributed by atoms with Crippen molar-refractivity contribution in [3.05, 3.63) is 27.9 Å². The molecular weight excluding hydrogens is 386 g/mol. The number of aryl methyl sites for hydroxylation is 1. The molecule has 2 saturated heterocycles. The van der Waals surface area contributed by atoms with Gasteiger partial charge in [-0.2, -0.15) is 4.31 Å². The molecule has 1 unspecified atom stereocenters. The van der Waals surface area contributed by atoms with E-state index in [0.29, 0.717) is 23.7 Å². The molecule has 0 radical (unpaired) electrons. The molecule has 7 nitrogen and oxygen atoms in total. The molecule has 0 saturated carbocycles. The van der Waals surface area contributed by atoms with E-state index in [9.17, 15) is 13.2 Å². The summed E-state index contributed by atoms with van der Waals surface area (Å²) in [5, 5.41) is 0. The van der Waals surface area contributed by atoms with E-state index in [1.807, 2.05) is 0 Å². The summed E-state index contributed by atoms with van der Waals surface area (Å²) in [4.78, 5) is 14.4. The summed E-state index contributed by atoms with van der Waals surface area (Å²) < 4.78 is 35.6. The van der Waals surface area contributed by atoms with Crippen LogP contribution in [-0.4, -0.2) is 68.1 Å². The highest BCUT2D eigenvalue weighted by Crippen LogP contribution is 2.27. The predicted molar refractivity (Wildman–Crippen MR) is 106 cm³/mol. The number of benzene rings is 1. The Balaban J connectivity index is 1.53. The lowest BCUT2D eigenvalue weighted by Gasteiger charge is -2.36. The second-order valence-corrected chi connectivity index (χ2v) is 10.3. The molecule has 3 heterocycles. The molecule has 2 aromatic rings. The summed E-state index contributed by atoms with van der Waals surface area (Å²) in [7, 11) is -1.84. The Morgan fingerprint density at radius 1 is 1.22 bits per heavy atom. The van der Waals surface area contributed by atoms with Gasteiger partial charge in [-0.3, -0.25) is 9.69 Å². The van der Waals surface area contributed by atoms with Crippen molar-refractivity contribution in [1.29, 1.82) is 0 Å². The van der Waals surface area contributed by atoms with Crippen LogP contribution >= 0.6 is 11.3 Å². The van der Waals surface area contributed by atoms with Crippen LogP contribution in [0.2, 0.25) is 0 Å². The molecule has 0 aliphatic carbocycles. The monoisotopic (exact) mass is 411 g/mol. The number of fused-ring (bicyclic) bond motifs is 1. The fourth-order valence-electron chi connectivity index (χ4n) is 3.97. The lowest BCUT2D eigenvalue weighted by Crippen LogP contribution is -2.46. The third kappa shape index (κ3) is 3.84. The lowest BCUT2D eigenvalue weighted by atomic mass is 9.99. The maximum absolute atomic E-state index is 13.2. The van der Waals surface area contributed by atoms with Gasteiger partial charge in [0.1, 0.15) is 0 Å². The van der Waals surface area contributed by atoms with Crippen LogP contribution in [0.15, 0.2) is 27.9 Å². The van der Waals surface area contributed by atoms with Gasteiger partial charge in [-0.05, 0) is 37.0 Å². The Hall–Kier alpha value is -1.26. The number of aromatic nitrogens is 1. The number of rotatable bonds is 4. The van der Waals surface area contributed by atoms with Crippen LogP contribution in [-0.2, 0) is 21.8 Å². The molecule has 2 aliphatic heterocycles. The van der Waals surface area contributed by atoms with Crippen LogP contribution in [0.25, 0.3) is 10.2 Å². The van der Waals surface area contributed by atoms with Crippen molar-refractivity contribution in [2.24, 2.45) is 13.0 Å². The zero-order valence-corrected chi connectivity index (χ0v) is 17.1. The zero-order chi connectivity index (χ0) is 19.0. The van der Waals surface area contributed by atoms with Crippen molar-refractivity contribution in [3.63, 3.8) is 0 Å². The normalized spacial score (nSPS) is 23.1. The second-order valence-electron chi connectivity index (χ2n) is 7.34. The van der Waals surface area contributed by atoms with Crippen LogP contribution < -0.4 is 4.87 Å². The highest BCUT2D eigenvalue weighted by atomic mass is 32.2. The molecule has 1 aromatic heterocycles. The Bertz CT molecular complexity index is 976. The van der Waals surface area contributed by atoms with Crippen molar-refractivity contribution < 1.29 is 13.2 Å². The Labute approximate surface area is 163 Å². The van der Waals surface area contributed by atoms with Gasteiger partial charge in [-0.15, -0.1) is 0 Å². The molecule has 148 valence electrons. The molecule has 0 spiro atoms. The third-order valence-electron chi connectivity index (χ3n) is 5.50. The van der Waals surface area contributed by atoms with E-state index in [-0.39, 0.29) is 9.77 Å². The maximum Gasteiger partial charge on any atom is 0.307 e. The van der Waals surface area contributed by atoms with Crippen molar-refractivity contribution >= 4 is 31.6 Å². The van der Waals surface area contributed by atoms with Gasteiger partial charge in [-0.25, -0.2) is 8.42 Å². The van der Waals surface area contributed by atoms with Gasteiger partial charge in [0.25, 0.3) is 0 Å². The number of hydrogen-bond donors (Lipinski definition) is 0. The highest BCUT2D eigenvalue weighted by Gasteiger charge is 2.31. The SMILES string of the molecule is Cn1c(=O)sc2cc(S(=O)(=O)N3CCCC(CN4CCOCC4)C3)ccc21. The first-order valence-corrected chi connectivity index (χ1v) is 11.6. The average molecular weight is 412 g/mol. The zero-order valence-electron chi connectivity index (χ0n) is 15.5. The van der Waals surface area contributed by atoms with E-state index in [4.69, 9.17) is 4.74 Å². The van der Waals surface area contributed by atoms with Crippen LogP contribution in [0.4, 0.5) is 0 Å². The predicted octanol–water partition coefficient (Wildman–Crippen LogP) is 1.33. The number of hydrogen-bond acceptors (Lipinski definition) is 6. The van der Waals surface area contributed by atoms with E-state index < -0.39 is 10.0 Å². The first-order valence-electron chi connectivity index (χ1n) is 9.35. The molecule has 2 aliphatic rings. The fraction of sp³-hybridized carbons (Fsp3) is 0.611. The topological polar surface area (TPSA) is 71.9 Å². The summed E-state index contributed by atoms with van der Waals surface area (Å²) >= 11 is 1.09. The second kappa shape index (κ2) is 7.63. The molecule has 4 rings (SSSR count). The molecule has 1 aromatic carbocycles. The maximum atomic E-state index is 13.2. The van der Waals surface area contributed by atoms with E-state index in [2.05, 4.69) is 4.90 Å². The first kappa shape index (κ1) is 19.1. The largest absolute Gasteiger partial charge is 0.379 e. The summed E-state index contributed by atoms with van der Waals surface area (Å²) in [5.74, 6) is 0.350. The minimum absolute atomic E-state index is 0.0805. The summed E-state index contributed by atoms with van der Waals surface area (Å²) in [6, 6.07) is 4.99. The molecule has 1 atom stereocenters. The molecule has 9 heteroatoms. The van der Waals surface area contributed by atoms with Gasteiger partial charge in [-0.1, -0.05) is 11.3 Å². The molecule has 27 heavy (non-hydrogen) atoms.